The molecule has 3 unspecified atom stereocenters. The van der Waals surface area contributed by atoms with Gasteiger partial charge in [0.1, 0.15) is 5.60 Å². The maximum absolute atomic E-state index is 15.3. The van der Waals surface area contributed by atoms with Gasteiger partial charge in [0.05, 0.1) is 18.8 Å². The number of fused-ring (bicyclic) bond motifs is 4. The molecule has 1 aromatic rings. The first kappa shape index (κ1) is 31.2. The van der Waals surface area contributed by atoms with Gasteiger partial charge in [0.25, 0.3) is 0 Å². The molecule has 238 valence electrons. The van der Waals surface area contributed by atoms with Crippen molar-refractivity contribution in [1.29, 1.82) is 0 Å². The third kappa shape index (κ3) is 4.50. The number of hydrogen-bond acceptors (Lipinski definition) is 4. The topological polar surface area (TPSA) is 58.9 Å². The van der Waals surface area contributed by atoms with E-state index in [1.54, 1.807) is 0 Å². The van der Waals surface area contributed by atoms with Crippen molar-refractivity contribution in [2.24, 2.45) is 22.7 Å². The van der Waals surface area contributed by atoms with Gasteiger partial charge in [-0.3, -0.25) is 0 Å². The molecule has 1 aromatic carbocycles. The number of ether oxygens (including phenoxy) is 2. The van der Waals surface area contributed by atoms with Crippen molar-refractivity contribution in [2.45, 2.75) is 114 Å². The van der Waals surface area contributed by atoms with Gasteiger partial charge < -0.3 is 19.7 Å². The Bertz CT molecular complexity index is 1340. The monoisotopic (exact) mass is 610 g/mol. The van der Waals surface area contributed by atoms with Crippen molar-refractivity contribution in [2.75, 3.05) is 13.2 Å². The van der Waals surface area contributed by atoms with E-state index in [0.29, 0.717) is 38.9 Å². The molecule has 6 rings (SSSR count). The summed E-state index contributed by atoms with van der Waals surface area (Å²) in [6.07, 6.45) is -4.55. The normalized spacial score (nSPS) is 38.8. The molecule has 1 spiro atoms. The Morgan fingerprint density at radius 2 is 1.65 bits per heavy atom. The standard InChI is InChI=1S/C34H43F5O4/c1-20(2)21-7-6-8-22(15-21)24-16-29(5)25(11-14-32(29,41)33(35,36)34(37,38)39)23-9-12-30(40)17-31(13-10-26(30)27(23)24)42-18-28(3,4)19-43-31/h6-8,15,23-25,40-41H,1,9-14,16-19H2,2-5H3/t23?,24-,25?,29+,30?,32+/m1/s1. The largest absolute Gasteiger partial charge is 0.456 e. The predicted molar refractivity (Wildman–Crippen MR) is 152 cm³/mol. The van der Waals surface area contributed by atoms with Crippen LogP contribution in [0, 0.1) is 22.7 Å². The SMILES string of the molecule is C=C(C)c1cccc([C@H]2C[C@@]3(C)C(CC[C@@]3(O)C(F)(F)C(F)(F)F)C3CCC4(O)CC5(CCC4=C32)OCC(C)(C)CO5)c1. The average Bonchev–Trinajstić information content (AvgIpc) is 3.20. The summed E-state index contributed by atoms with van der Waals surface area (Å²) in [7, 11) is 0. The van der Waals surface area contributed by atoms with E-state index in [1.807, 2.05) is 31.2 Å². The quantitative estimate of drug-likeness (QED) is 0.270. The summed E-state index contributed by atoms with van der Waals surface area (Å²) in [5.41, 5.74) is -2.14. The molecule has 0 aromatic heterocycles. The minimum atomic E-state index is -5.88. The summed E-state index contributed by atoms with van der Waals surface area (Å²) >= 11 is 0. The number of hydrogen-bond donors (Lipinski definition) is 2. The summed E-state index contributed by atoms with van der Waals surface area (Å²) in [5.74, 6) is -7.66. The fourth-order valence-corrected chi connectivity index (χ4v) is 9.33. The van der Waals surface area contributed by atoms with Crippen molar-refractivity contribution in [3.05, 3.63) is 53.1 Å². The lowest BCUT2D eigenvalue weighted by Gasteiger charge is -2.59. The van der Waals surface area contributed by atoms with E-state index >= 15 is 8.78 Å². The van der Waals surface area contributed by atoms with Crippen LogP contribution in [0.15, 0.2) is 42.0 Å². The van der Waals surface area contributed by atoms with Crippen molar-refractivity contribution in [3.8, 4) is 0 Å². The Hall–Kier alpha value is -1.81. The van der Waals surface area contributed by atoms with Crippen LogP contribution in [-0.2, 0) is 9.47 Å². The number of aliphatic hydroxyl groups is 2. The van der Waals surface area contributed by atoms with Crippen molar-refractivity contribution >= 4 is 5.57 Å². The number of benzene rings is 1. The summed E-state index contributed by atoms with van der Waals surface area (Å²) in [4.78, 5) is 0. The highest BCUT2D eigenvalue weighted by atomic mass is 19.4. The van der Waals surface area contributed by atoms with Gasteiger partial charge in [-0.1, -0.05) is 62.8 Å². The molecule has 9 heteroatoms. The smallest absolute Gasteiger partial charge is 0.385 e. The summed E-state index contributed by atoms with van der Waals surface area (Å²) < 4.78 is 84.7. The van der Waals surface area contributed by atoms with Crippen LogP contribution >= 0.6 is 0 Å². The minimum absolute atomic E-state index is 0.0579. The first-order chi connectivity index (χ1) is 19.8. The zero-order chi connectivity index (χ0) is 31.4. The zero-order valence-corrected chi connectivity index (χ0v) is 25.4. The molecule has 0 amide bonds. The second-order valence-electron chi connectivity index (χ2n) is 15.1. The Kier molecular flexibility index (Phi) is 6.96. The molecule has 3 saturated carbocycles. The summed E-state index contributed by atoms with van der Waals surface area (Å²) in [5, 5.41) is 23.8. The van der Waals surface area contributed by atoms with Crippen LogP contribution in [0.1, 0.15) is 96.1 Å². The zero-order valence-electron chi connectivity index (χ0n) is 25.4. The summed E-state index contributed by atoms with van der Waals surface area (Å²) in [6, 6.07) is 7.52. The molecule has 5 aliphatic rings. The third-order valence-electron chi connectivity index (χ3n) is 11.7. The molecule has 0 radical (unpaired) electrons. The highest BCUT2D eigenvalue weighted by Gasteiger charge is 2.79. The van der Waals surface area contributed by atoms with Gasteiger partial charge in [-0.2, -0.15) is 22.0 Å². The van der Waals surface area contributed by atoms with Crippen molar-refractivity contribution in [1.82, 2.24) is 0 Å². The Labute approximate surface area is 250 Å². The Balaban J connectivity index is 1.48. The predicted octanol–water partition coefficient (Wildman–Crippen LogP) is 7.94. The first-order valence-corrected chi connectivity index (χ1v) is 15.4. The fourth-order valence-electron chi connectivity index (χ4n) is 9.33. The maximum atomic E-state index is 15.3. The van der Waals surface area contributed by atoms with Gasteiger partial charge in [-0.15, -0.1) is 0 Å². The van der Waals surface area contributed by atoms with E-state index in [1.165, 1.54) is 6.92 Å². The fraction of sp³-hybridized carbons (Fsp3) is 0.706. The molecule has 2 N–H and O–H groups in total. The van der Waals surface area contributed by atoms with Crippen molar-refractivity contribution in [3.63, 3.8) is 0 Å². The summed E-state index contributed by atoms with van der Waals surface area (Å²) in [6.45, 7) is 12.4. The number of allylic oxidation sites excluding steroid dienone is 2. The van der Waals surface area contributed by atoms with Gasteiger partial charge in [-0.05, 0) is 74.0 Å². The van der Waals surface area contributed by atoms with Crippen LogP contribution < -0.4 is 0 Å². The van der Waals surface area contributed by atoms with Crippen LogP contribution in [0.25, 0.3) is 5.57 Å². The Morgan fingerprint density at radius 1 is 0.977 bits per heavy atom. The lowest BCUT2D eigenvalue weighted by Crippen LogP contribution is -2.65. The number of alkyl halides is 5. The van der Waals surface area contributed by atoms with Crippen LogP contribution in [0.3, 0.4) is 0 Å². The van der Waals surface area contributed by atoms with Gasteiger partial charge in [-0.25, -0.2) is 0 Å². The molecule has 4 nitrogen and oxygen atoms in total. The van der Waals surface area contributed by atoms with Crippen LogP contribution in [0.2, 0.25) is 0 Å². The third-order valence-corrected chi connectivity index (χ3v) is 11.7. The van der Waals surface area contributed by atoms with E-state index in [4.69, 9.17) is 9.47 Å². The molecular formula is C34H43F5O4. The van der Waals surface area contributed by atoms with E-state index in [-0.39, 0.29) is 30.6 Å². The second-order valence-corrected chi connectivity index (χ2v) is 15.1. The van der Waals surface area contributed by atoms with Gasteiger partial charge >= 0.3 is 12.1 Å². The van der Waals surface area contributed by atoms with Crippen molar-refractivity contribution < 1.29 is 41.6 Å². The maximum Gasteiger partial charge on any atom is 0.456 e. The molecule has 6 atom stereocenters. The van der Waals surface area contributed by atoms with Crippen LogP contribution in [0.4, 0.5) is 22.0 Å². The highest BCUT2D eigenvalue weighted by Crippen LogP contribution is 2.71. The lowest BCUT2D eigenvalue weighted by molar-refractivity contribution is -0.362. The minimum Gasteiger partial charge on any atom is -0.385 e. The van der Waals surface area contributed by atoms with Crippen LogP contribution in [0.5, 0.6) is 0 Å². The average molecular weight is 611 g/mol. The van der Waals surface area contributed by atoms with E-state index in [0.717, 1.165) is 27.8 Å². The lowest BCUT2D eigenvalue weighted by atomic mass is 9.49. The second kappa shape index (κ2) is 9.60. The van der Waals surface area contributed by atoms with E-state index in [2.05, 4.69) is 20.4 Å². The molecule has 4 aliphatic carbocycles. The molecule has 0 bridgehead atoms. The van der Waals surface area contributed by atoms with E-state index < -0.39 is 52.8 Å². The molecular weight excluding hydrogens is 567 g/mol. The van der Waals surface area contributed by atoms with Gasteiger partial charge in [0.2, 0.25) is 0 Å². The highest BCUT2D eigenvalue weighted by molar-refractivity contribution is 5.62. The number of rotatable bonds is 3. The molecule has 1 aliphatic heterocycles. The molecule has 43 heavy (non-hydrogen) atoms. The Morgan fingerprint density at radius 3 is 2.28 bits per heavy atom. The molecule has 1 heterocycles. The van der Waals surface area contributed by atoms with Gasteiger partial charge in [0.15, 0.2) is 5.79 Å². The van der Waals surface area contributed by atoms with Crippen LogP contribution in [-0.4, -0.2) is 52.5 Å². The van der Waals surface area contributed by atoms with Gasteiger partial charge in [0, 0.05) is 29.6 Å². The van der Waals surface area contributed by atoms with E-state index in [9.17, 15) is 23.4 Å². The number of halogens is 5. The first-order valence-electron chi connectivity index (χ1n) is 15.4. The molecule has 1 saturated heterocycles. The molecule has 4 fully saturated rings.